The predicted octanol–water partition coefficient (Wildman–Crippen LogP) is 4.46. The Kier molecular flexibility index (Phi) is 6.56. The van der Waals surface area contributed by atoms with Crippen molar-refractivity contribution in [2.24, 2.45) is 5.10 Å². The lowest BCUT2D eigenvalue weighted by molar-refractivity contribution is -0.167. The zero-order valence-corrected chi connectivity index (χ0v) is 15.6. The number of nitrogens with one attached hydrogen (secondary N) is 2. The number of benzene rings is 2. The Labute approximate surface area is 160 Å². The molecule has 0 saturated heterocycles. The number of amides is 2. The standard InChI is InChI=1S/C20H20F3N3O2/c1-12(2)14-7-9-15(10-8-14)18(27)26-25-13(3)16-5-4-6-17(11-16)24-19(28)20(21,22)23/h4-12H,1-3H3,(H,24,28)(H,26,27). The largest absolute Gasteiger partial charge is 0.471 e. The predicted molar refractivity (Wildman–Crippen MR) is 101 cm³/mol. The van der Waals surface area contributed by atoms with Gasteiger partial charge >= 0.3 is 12.1 Å². The van der Waals surface area contributed by atoms with Crippen molar-refractivity contribution in [3.63, 3.8) is 0 Å². The van der Waals surface area contributed by atoms with Crippen LogP contribution >= 0.6 is 0 Å². The molecule has 0 heterocycles. The summed E-state index contributed by atoms with van der Waals surface area (Å²) >= 11 is 0. The van der Waals surface area contributed by atoms with E-state index >= 15 is 0 Å². The van der Waals surface area contributed by atoms with Gasteiger partial charge in [0.15, 0.2) is 0 Å². The zero-order chi connectivity index (χ0) is 20.9. The fourth-order valence-electron chi connectivity index (χ4n) is 2.31. The number of carbonyl (C=O) groups excluding carboxylic acids is 2. The van der Waals surface area contributed by atoms with Crippen molar-refractivity contribution in [3.8, 4) is 0 Å². The maximum absolute atomic E-state index is 12.4. The number of hydrazone groups is 1. The van der Waals surface area contributed by atoms with E-state index in [0.29, 0.717) is 22.8 Å². The molecule has 2 rings (SSSR count). The maximum atomic E-state index is 12.4. The molecule has 2 amide bonds. The number of hydrogen-bond acceptors (Lipinski definition) is 3. The van der Waals surface area contributed by atoms with Crippen LogP contribution in [0, 0.1) is 0 Å². The Bertz CT molecular complexity index is 888. The molecule has 2 aromatic rings. The first-order valence-electron chi connectivity index (χ1n) is 8.51. The molecular formula is C20H20F3N3O2. The van der Waals surface area contributed by atoms with E-state index in [-0.39, 0.29) is 5.69 Å². The van der Waals surface area contributed by atoms with Crippen LogP contribution in [0.4, 0.5) is 18.9 Å². The minimum Gasteiger partial charge on any atom is -0.318 e. The Hall–Kier alpha value is -3.16. The highest BCUT2D eigenvalue weighted by Gasteiger charge is 2.38. The van der Waals surface area contributed by atoms with Crippen LogP contribution in [-0.2, 0) is 4.79 Å². The van der Waals surface area contributed by atoms with Gasteiger partial charge in [-0.3, -0.25) is 9.59 Å². The molecule has 0 aliphatic heterocycles. The van der Waals surface area contributed by atoms with Gasteiger partial charge < -0.3 is 5.32 Å². The van der Waals surface area contributed by atoms with Crippen LogP contribution in [0.25, 0.3) is 0 Å². The van der Waals surface area contributed by atoms with E-state index in [4.69, 9.17) is 0 Å². The Morgan fingerprint density at radius 1 is 1.00 bits per heavy atom. The second kappa shape index (κ2) is 8.69. The molecule has 0 atom stereocenters. The quantitative estimate of drug-likeness (QED) is 0.583. The average molecular weight is 391 g/mol. The molecule has 0 unspecified atom stereocenters. The van der Waals surface area contributed by atoms with Crippen molar-refractivity contribution >= 4 is 23.2 Å². The number of carbonyl (C=O) groups is 2. The van der Waals surface area contributed by atoms with Crippen LogP contribution in [0.15, 0.2) is 53.6 Å². The van der Waals surface area contributed by atoms with Crippen molar-refractivity contribution in [2.75, 3.05) is 5.32 Å². The smallest absolute Gasteiger partial charge is 0.318 e. The SMILES string of the molecule is CC(=NNC(=O)c1ccc(C(C)C)cc1)c1cccc(NC(=O)C(F)(F)F)c1. The summed E-state index contributed by atoms with van der Waals surface area (Å²) in [5, 5.41) is 5.76. The van der Waals surface area contributed by atoms with Crippen molar-refractivity contribution in [2.45, 2.75) is 32.9 Å². The van der Waals surface area contributed by atoms with E-state index < -0.39 is 18.0 Å². The first-order chi connectivity index (χ1) is 13.1. The zero-order valence-electron chi connectivity index (χ0n) is 15.6. The highest BCUT2D eigenvalue weighted by atomic mass is 19.4. The van der Waals surface area contributed by atoms with Gasteiger partial charge in [0.2, 0.25) is 0 Å². The molecule has 148 valence electrons. The molecule has 0 bridgehead atoms. The normalized spacial score (nSPS) is 12.0. The van der Waals surface area contributed by atoms with Crippen LogP contribution < -0.4 is 10.7 Å². The van der Waals surface area contributed by atoms with Gasteiger partial charge in [-0.2, -0.15) is 18.3 Å². The molecule has 0 spiro atoms. The third-order valence-electron chi connectivity index (χ3n) is 3.96. The summed E-state index contributed by atoms with van der Waals surface area (Å²) in [4.78, 5) is 23.2. The van der Waals surface area contributed by atoms with Crippen LogP contribution in [0.2, 0.25) is 0 Å². The van der Waals surface area contributed by atoms with Crippen LogP contribution in [0.1, 0.15) is 48.2 Å². The van der Waals surface area contributed by atoms with Gasteiger partial charge in [-0.15, -0.1) is 0 Å². The fraction of sp³-hybridized carbons (Fsp3) is 0.250. The van der Waals surface area contributed by atoms with E-state index in [1.165, 1.54) is 18.2 Å². The van der Waals surface area contributed by atoms with E-state index in [2.05, 4.69) is 10.5 Å². The number of hydrogen-bond donors (Lipinski definition) is 2. The summed E-state index contributed by atoms with van der Waals surface area (Å²) in [6.07, 6.45) is -4.97. The number of halogens is 3. The summed E-state index contributed by atoms with van der Waals surface area (Å²) in [6.45, 7) is 5.69. The molecule has 0 aromatic heterocycles. The highest BCUT2D eigenvalue weighted by molar-refractivity contribution is 6.02. The summed E-state index contributed by atoms with van der Waals surface area (Å²) in [6, 6.07) is 12.9. The number of anilines is 1. The van der Waals surface area contributed by atoms with Gasteiger partial charge in [0.05, 0.1) is 5.71 Å². The van der Waals surface area contributed by atoms with Gasteiger partial charge in [0.25, 0.3) is 5.91 Å². The number of nitrogens with zero attached hydrogens (tertiary/aromatic N) is 1. The third-order valence-corrected chi connectivity index (χ3v) is 3.96. The van der Waals surface area contributed by atoms with Gasteiger partial charge in [-0.1, -0.05) is 38.1 Å². The average Bonchev–Trinajstić information content (AvgIpc) is 2.65. The minimum atomic E-state index is -4.97. The lowest BCUT2D eigenvalue weighted by atomic mass is 10.0. The molecule has 0 fully saturated rings. The van der Waals surface area contributed by atoms with Crippen molar-refractivity contribution in [3.05, 3.63) is 65.2 Å². The monoisotopic (exact) mass is 391 g/mol. The van der Waals surface area contributed by atoms with E-state index in [9.17, 15) is 22.8 Å². The molecular weight excluding hydrogens is 371 g/mol. The second-order valence-electron chi connectivity index (χ2n) is 6.45. The van der Waals surface area contributed by atoms with Crippen LogP contribution in [0.3, 0.4) is 0 Å². The first-order valence-corrected chi connectivity index (χ1v) is 8.51. The second-order valence-corrected chi connectivity index (χ2v) is 6.45. The summed E-state index contributed by atoms with van der Waals surface area (Å²) in [5.41, 5.74) is 4.76. The molecule has 0 radical (unpaired) electrons. The molecule has 28 heavy (non-hydrogen) atoms. The Morgan fingerprint density at radius 2 is 1.64 bits per heavy atom. The van der Waals surface area contributed by atoms with Gasteiger partial charge in [-0.05, 0) is 48.2 Å². The van der Waals surface area contributed by atoms with E-state index in [1.54, 1.807) is 30.4 Å². The van der Waals surface area contributed by atoms with Gasteiger partial charge in [0.1, 0.15) is 0 Å². The summed E-state index contributed by atoms with van der Waals surface area (Å²) < 4.78 is 37.1. The van der Waals surface area contributed by atoms with E-state index in [0.717, 1.165) is 5.56 Å². The van der Waals surface area contributed by atoms with Crippen molar-refractivity contribution in [1.82, 2.24) is 5.43 Å². The molecule has 2 N–H and O–H groups in total. The molecule has 2 aromatic carbocycles. The lowest BCUT2D eigenvalue weighted by Gasteiger charge is -2.09. The van der Waals surface area contributed by atoms with Crippen LogP contribution in [0.5, 0.6) is 0 Å². The Balaban J connectivity index is 2.07. The van der Waals surface area contributed by atoms with E-state index in [1.807, 2.05) is 26.0 Å². The van der Waals surface area contributed by atoms with Crippen molar-refractivity contribution < 1.29 is 22.8 Å². The molecule has 0 aliphatic rings. The molecule has 0 aliphatic carbocycles. The minimum absolute atomic E-state index is 0.0232. The topological polar surface area (TPSA) is 70.6 Å². The fourth-order valence-corrected chi connectivity index (χ4v) is 2.31. The van der Waals surface area contributed by atoms with Gasteiger partial charge in [-0.25, -0.2) is 5.43 Å². The Morgan fingerprint density at radius 3 is 2.21 bits per heavy atom. The summed E-state index contributed by atoms with van der Waals surface area (Å²) in [5.74, 6) is -2.11. The molecule has 5 nitrogen and oxygen atoms in total. The van der Waals surface area contributed by atoms with Crippen LogP contribution in [-0.4, -0.2) is 23.7 Å². The maximum Gasteiger partial charge on any atom is 0.471 e. The first kappa shape index (κ1) is 21.1. The van der Waals surface area contributed by atoms with Crippen molar-refractivity contribution in [1.29, 1.82) is 0 Å². The molecule has 0 saturated carbocycles. The van der Waals surface area contributed by atoms with Gasteiger partial charge in [0, 0.05) is 11.3 Å². The number of rotatable bonds is 5. The molecule has 8 heteroatoms. The lowest BCUT2D eigenvalue weighted by Crippen LogP contribution is -2.29. The number of alkyl halides is 3. The summed E-state index contributed by atoms with van der Waals surface area (Å²) in [7, 11) is 0. The third kappa shape index (κ3) is 5.67. The highest BCUT2D eigenvalue weighted by Crippen LogP contribution is 2.19.